The van der Waals surface area contributed by atoms with Gasteiger partial charge in [0.25, 0.3) is 0 Å². The first-order valence-corrected chi connectivity index (χ1v) is 7.82. The van der Waals surface area contributed by atoms with Crippen LogP contribution in [0.15, 0.2) is 4.99 Å². The molecule has 108 valence electrons. The van der Waals surface area contributed by atoms with Crippen LogP contribution < -0.4 is 5.32 Å². The number of nitrogens with zero attached hydrogens (tertiary/aromatic N) is 3. The van der Waals surface area contributed by atoms with Crippen molar-refractivity contribution in [1.29, 1.82) is 0 Å². The van der Waals surface area contributed by atoms with Gasteiger partial charge in [0.1, 0.15) is 0 Å². The monoisotopic (exact) mass is 286 g/mol. The maximum Gasteiger partial charge on any atom is 0.345 e. The Kier molecular flexibility index (Phi) is 6.69. The molecule has 0 radical (unpaired) electrons. The molecule has 4 amide bonds. The number of likely N-dealkylation sites (tertiary alicyclic amines) is 1. The number of aliphatic imine (C=N–C) groups is 1. The first kappa shape index (κ1) is 15.8. The van der Waals surface area contributed by atoms with Crippen LogP contribution >= 0.6 is 11.8 Å². The third-order valence-corrected chi connectivity index (χ3v) is 3.61. The van der Waals surface area contributed by atoms with Gasteiger partial charge in [-0.15, -0.1) is 0 Å². The molecule has 1 fully saturated rings. The highest BCUT2D eigenvalue weighted by Gasteiger charge is 2.19. The topological polar surface area (TPSA) is 65.0 Å². The van der Waals surface area contributed by atoms with Crippen LogP contribution in [0.25, 0.3) is 0 Å². The Morgan fingerprint density at radius 3 is 2.32 bits per heavy atom. The van der Waals surface area contributed by atoms with E-state index in [1.807, 2.05) is 13.8 Å². The van der Waals surface area contributed by atoms with Crippen molar-refractivity contribution in [1.82, 2.24) is 15.1 Å². The largest absolute Gasteiger partial charge is 0.345 e. The molecular formula is C12H22N4O2S. The fraction of sp³-hybridized carbons (Fsp3) is 0.750. The zero-order chi connectivity index (χ0) is 14.3. The first-order valence-electron chi connectivity index (χ1n) is 6.59. The van der Waals surface area contributed by atoms with E-state index in [0.29, 0.717) is 18.3 Å². The number of carbonyl (C=O) groups is 2. The number of amides is 4. The van der Waals surface area contributed by atoms with Crippen LogP contribution in [0.4, 0.5) is 9.59 Å². The first-order chi connectivity index (χ1) is 9.12. The van der Waals surface area contributed by atoms with Gasteiger partial charge in [-0.2, -0.15) is 4.99 Å². The van der Waals surface area contributed by atoms with Crippen molar-refractivity contribution in [3.05, 3.63) is 0 Å². The number of carbonyl (C=O) groups excluding carboxylic acids is 2. The minimum Gasteiger partial charge on any atom is -0.325 e. The zero-order valence-corrected chi connectivity index (χ0v) is 12.6. The summed E-state index contributed by atoms with van der Waals surface area (Å²) >= 11 is 1.27. The highest BCUT2D eigenvalue weighted by atomic mass is 32.2. The lowest BCUT2D eigenvalue weighted by Crippen LogP contribution is -2.42. The Bertz CT molecular complexity index is 350. The van der Waals surface area contributed by atoms with E-state index in [2.05, 4.69) is 10.3 Å². The van der Waals surface area contributed by atoms with E-state index >= 15 is 0 Å². The predicted octanol–water partition coefficient (Wildman–Crippen LogP) is 1.97. The minimum absolute atomic E-state index is 0.215. The highest BCUT2D eigenvalue weighted by molar-refractivity contribution is 8.13. The summed E-state index contributed by atoms with van der Waals surface area (Å²) in [6.07, 6.45) is 3.85. The normalized spacial score (nSPS) is 15.5. The number of rotatable bonds is 2. The molecule has 0 spiro atoms. The van der Waals surface area contributed by atoms with E-state index in [1.54, 1.807) is 16.1 Å². The van der Waals surface area contributed by atoms with E-state index in [1.165, 1.54) is 11.8 Å². The van der Waals surface area contributed by atoms with Crippen molar-refractivity contribution in [2.45, 2.75) is 26.7 Å². The zero-order valence-electron chi connectivity index (χ0n) is 11.8. The molecule has 6 nitrogen and oxygen atoms in total. The number of thioether (sulfide) groups is 1. The van der Waals surface area contributed by atoms with E-state index in [-0.39, 0.29) is 12.1 Å². The average Bonchev–Trinajstić information content (AvgIpc) is 2.93. The minimum atomic E-state index is -0.262. The van der Waals surface area contributed by atoms with Crippen molar-refractivity contribution in [3.63, 3.8) is 0 Å². The molecule has 0 saturated carbocycles. The molecule has 1 heterocycles. The third-order valence-electron chi connectivity index (χ3n) is 3.03. The SMILES string of the molecule is CCN(CC)C(=O)NC(=NC(=O)N1CCCC1)SC. The van der Waals surface area contributed by atoms with E-state index in [0.717, 1.165) is 25.9 Å². The van der Waals surface area contributed by atoms with E-state index < -0.39 is 0 Å². The van der Waals surface area contributed by atoms with Crippen molar-refractivity contribution < 1.29 is 9.59 Å². The quantitative estimate of drug-likeness (QED) is 0.623. The van der Waals surface area contributed by atoms with Crippen LogP contribution in [0, 0.1) is 0 Å². The molecule has 1 aliphatic heterocycles. The fourth-order valence-electron chi connectivity index (χ4n) is 1.87. The van der Waals surface area contributed by atoms with Crippen LogP contribution in [0.1, 0.15) is 26.7 Å². The van der Waals surface area contributed by atoms with Crippen molar-refractivity contribution >= 4 is 29.0 Å². The molecule has 0 atom stereocenters. The van der Waals surface area contributed by atoms with Gasteiger partial charge in [0, 0.05) is 26.2 Å². The molecule has 0 aromatic heterocycles. The molecule has 1 aliphatic rings. The Balaban J connectivity index is 2.61. The molecule has 1 N–H and O–H groups in total. The summed E-state index contributed by atoms with van der Waals surface area (Å²) in [6, 6.07) is -0.478. The Hall–Kier alpha value is -1.24. The number of hydrogen-bond donors (Lipinski definition) is 1. The van der Waals surface area contributed by atoms with Crippen LogP contribution in [-0.2, 0) is 0 Å². The molecule has 1 rings (SSSR count). The molecule has 19 heavy (non-hydrogen) atoms. The van der Waals surface area contributed by atoms with Crippen LogP contribution in [0.5, 0.6) is 0 Å². The lowest BCUT2D eigenvalue weighted by atomic mass is 10.4. The van der Waals surface area contributed by atoms with Gasteiger partial charge >= 0.3 is 12.1 Å². The maximum absolute atomic E-state index is 11.9. The fourth-order valence-corrected chi connectivity index (χ4v) is 2.23. The maximum atomic E-state index is 11.9. The molecule has 0 aliphatic carbocycles. The van der Waals surface area contributed by atoms with Crippen molar-refractivity contribution in [2.24, 2.45) is 4.99 Å². The van der Waals surface area contributed by atoms with Crippen LogP contribution in [0.2, 0.25) is 0 Å². The number of nitrogens with one attached hydrogen (secondary N) is 1. The standard InChI is InChI=1S/C12H22N4O2S/c1-4-15(5-2)11(17)13-10(19-3)14-12(18)16-8-6-7-9-16/h4-9H2,1-3H3,(H,13,14,17,18). The van der Waals surface area contributed by atoms with Crippen LogP contribution in [-0.4, -0.2) is 59.5 Å². The lowest BCUT2D eigenvalue weighted by Gasteiger charge is -2.19. The average molecular weight is 286 g/mol. The van der Waals surface area contributed by atoms with Crippen molar-refractivity contribution in [2.75, 3.05) is 32.4 Å². The van der Waals surface area contributed by atoms with E-state index in [4.69, 9.17) is 0 Å². The summed E-state index contributed by atoms with van der Waals surface area (Å²) in [5, 5.41) is 3.03. The molecule has 0 aromatic rings. The Morgan fingerprint density at radius 2 is 1.84 bits per heavy atom. The molecule has 0 aromatic carbocycles. The van der Waals surface area contributed by atoms with Gasteiger partial charge in [0.05, 0.1) is 0 Å². The van der Waals surface area contributed by atoms with Crippen LogP contribution in [0.3, 0.4) is 0 Å². The third kappa shape index (κ3) is 4.74. The molecule has 0 bridgehead atoms. The number of amidine groups is 1. The summed E-state index contributed by atoms with van der Waals surface area (Å²) in [7, 11) is 0. The second-order valence-electron chi connectivity index (χ2n) is 4.20. The van der Waals surface area contributed by atoms with Gasteiger partial charge in [0.2, 0.25) is 0 Å². The summed E-state index contributed by atoms with van der Waals surface area (Å²) in [4.78, 5) is 31.1. The van der Waals surface area contributed by atoms with E-state index in [9.17, 15) is 9.59 Å². The highest BCUT2D eigenvalue weighted by Crippen LogP contribution is 2.09. The summed E-state index contributed by atoms with van der Waals surface area (Å²) in [5.74, 6) is 0. The molecule has 7 heteroatoms. The van der Waals surface area contributed by atoms with Gasteiger partial charge in [-0.3, -0.25) is 5.32 Å². The predicted molar refractivity (Wildman–Crippen MR) is 78.6 cm³/mol. The van der Waals surface area contributed by atoms with Gasteiger partial charge < -0.3 is 9.80 Å². The van der Waals surface area contributed by atoms with Gasteiger partial charge in [-0.25, -0.2) is 9.59 Å². The Morgan fingerprint density at radius 1 is 1.26 bits per heavy atom. The second-order valence-corrected chi connectivity index (χ2v) is 5.00. The van der Waals surface area contributed by atoms with Gasteiger partial charge in [-0.05, 0) is 32.9 Å². The summed E-state index contributed by atoms with van der Waals surface area (Å²) in [6.45, 7) is 6.60. The molecular weight excluding hydrogens is 264 g/mol. The summed E-state index contributed by atoms with van der Waals surface area (Å²) < 4.78 is 0. The lowest BCUT2D eigenvalue weighted by molar-refractivity contribution is 0.208. The van der Waals surface area contributed by atoms with Gasteiger partial charge in [-0.1, -0.05) is 11.8 Å². The Labute approximate surface area is 118 Å². The van der Waals surface area contributed by atoms with Gasteiger partial charge in [0.15, 0.2) is 5.17 Å². The van der Waals surface area contributed by atoms with Crippen molar-refractivity contribution in [3.8, 4) is 0 Å². The summed E-state index contributed by atoms with van der Waals surface area (Å²) in [5.41, 5.74) is 0. The molecule has 1 saturated heterocycles. The smallest absolute Gasteiger partial charge is 0.325 e. The number of urea groups is 2. The number of hydrogen-bond acceptors (Lipinski definition) is 3. The molecule has 0 unspecified atom stereocenters. The second kappa shape index (κ2) is 8.04.